The van der Waals surface area contributed by atoms with Gasteiger partial charge in [0.25, 0.3) is 0 Å². The number of carbonyl (C=O) groups excluding carboxylic acids is 4. The Morgan fingerprint density at radius 3 is 1.05 bits per heavy atom. The number of rotatable bonds is 6. The molecule has 0 aromatic heterocycles. The molecule has 0 amide bonds. The Morgan fingerprint density at radius 1 is 0.789 bits per heavy atom. The molecule has 0 aliphatic carbocycles. The molecular formula is C12H14CaO6. The molecule has 0 unspecified atom stereocenters. The Balaban J connectivity index is -0.000000256. The number of aliphatic carboxylic acids is 2. The SMILES string of the molecule is C=C(CC(=O)[O-])C(C)=O.C=C(CC(=O)[O-])C(C)=O.[Ca+2]. The van der Waals surface area contributed by atoms with E-state index < -0.39 is 11.9 Å². The standard InChI is InChI=1S/2C6H8O3.Ca/c2*1-4(5(2)7)3-6(8)9;/h2*1,3H2,2H3,(H,8,9);/q;;+2/p-2. The number of hydrogen-bond acceptors (Lipinski definition) is 6. The maximum absolute atomic E-state index is 10.3. The van der Waals surface area contributed by atoms with Gasteiger partial charge in [0.05, 0.1) is 0 Å². The minimum absolute atomic E-state index is 0. The van der Waals surface area contributed by atoms with E-state index in [1.54, 1.807) is 0 Å². The van der Waals surface area contributed by atoms with Crippen molar-refractivity contribution in [2.24, 2.45) is 0 Å². The van der Waals surface area contributed by atoms with Crippen molar-refractivity contribution in [1.82, 2.24) is 0 Å². The minimum atomic E-state index is -1.27. The Kier molecular flexibility index (Phi) is 14.7. The van der Waals surface area contributed by atoms with Gasteiger partial charge in [-0.3, -0.25) is 9.59 Å². The normalized spacial score (nSPS) is 8.11. The minimum Gasteiger partial charge on any atom is -0.550 e. The van der Waals surface area contributed by atoms with E-state index in [-0.39, 0.29) is 73.3 Å². The number of ketones is 2. The maximum Gasteiger partial charge on any atom is 2.00 e. The topological polar surface area (TPSA) is 114 Å². The zero-order valence-electron chi connectivity index (χ0n) is 11.0. The van der Waals surface area contributed by atoms with Crippen LogP contribution in [0, 0.1) is 0 Å². The van der Waals surface area contributed by atoms with Gasteiger partial charge in [-0.1, -0.05) is 13.2 Å². The Bertz CT molecular complexity index is 359. The summed E-state index contributed by atoms with van der Waals surface area (Å²) in [5.74, 6) is -3.15. The molecule has 0 atom stereocenters. The first-order valence-electron chi connectivity index (χ1n) is 4.85. The summed E-state index contributed by atoms with van der Waals surface area (Å²) in [4.78, 5) is 40.2. The summed E-state index contributed by atoms with van der Waals surface area (Å²) in [6, 6.07) is 0. The van der Waals surface area contributed by atoms with E-state index in [0.717, 1.165) is 0 Å². The molecule has 0 fully saturated rings. The first kappa shape index (κ1) is 23.1. The predicted molar refractivity (Wildman–Crippen MR) is 64.6 cm³/mol. The first-order valence-corrected chi connectivity index (χ1v) is 4.85. The first-order chi connectivity index (χ1) is 8.07. The summed E-state index contributed by atoms with van der Waals surface area (Å²) in [7, 11) is 0. The van der Waals surface area contributed by atoms with Gasteiger partial charge in [-0.2, -0.15) is 0 Å². The Morgan fingerprint density at radius 2 is 1.00 bits per heavy atom. The van der Waals surface area contributed by atoms with Crippen molar-refractivity contribution in [3.63, 3.8) is 0 Å². The van der Waals surface area contributed by atoms with Crippen LogP contribution in [-0.2, 0) is 19.2 Å². The van der Waals surface area contributed by atoms with Crippen molar-refractivity contribution in [3.05, 3.63) is 24.3 Å². The molecule has 0 radical (unpaired) electrons. The molecule has 0 spiro atoms. The van der Waals surface area contributed by atoms with Gasteiger partial charge < -0.3 is 19.8 Å². The molecule has 0 heterocycles. The Hall–Kier alpha value is -0.980. The van der Waals surface area contributed by atoms with Crippen LogP contribution in [0.2, 0.25) is 0 Å². The predicted octanol–water partition coefficient (Wildman–Crippen LogP) is -1.84. The maximum atomic E-state index is 10.3. The number of Topliss-reactive ketones (excluding diaryl/α,β-unsaturated/α-hetero) is 2. The van der Waals surface area contributed by atoms with Crippen LogP contribution in [0.15, 0.2) is 24.3 Å². The quantitative estimate of drug-likeness (QED) is 0.420. The summed E-state index contributed by atoms with van der Waals surface area (Å²) in [5, 5.41) is 19.6. The van der Waals surface area contributed by atoms with E-state index in [0.29, 0.717) is 0 Å². The van der Waals surface area contributed by atoms with Gasteiger partial charge in [-0.05, 0) is 25.0 Å². The van der Waals surface area contributed by atoms with Crippen LogP contribution in [-0.4, -0.2) is 61.2 Å². The summed E-state index contributed by atoms with van der Waals surface area (Å²) < 4.78 is 0. The molecule has 19 heavy (non-hydrogen) atoms. The summed E-state index contributed by atoms with van der Waals surface area (Å²) in [6.45, 7) is 8.99. The third-order valence-corrected chi connectivity index (χ3v) is 1.71. The third kappa shape index (κ3) is 17.0. The average Bonchev–Trinajstić information content (AvgIpc) is 2.16. The second-order valence-corrected chi connectivity index (χ2v) is 3.42. The molecule has 0 saturated heterocycles. The van der Waals surface area contributed by atoms with E-state index in [4.69, 9.17) is 0 Å². The van der Waals surface area contributed by atoms with Gasteiger partial charge in [-0.25, -0.2) is 0 Å². The van der Waals surface area contributed by atoms with Crippen LogP contribution in [0.3, 0.4) is 0 Å². The van der Waals surface area contributed by atoms with Crippen LogP contribution >= 0.6 is 0 Å². The zero-order valence-corrected chi connectivity index (χ0v) is 13.2. The fourth-order valence-corrected chi connectivity index (χ4v) is 0.597. The molecule has 100 valence electrons. The summed E-state index contributed by atoms with van der Waals surface area (Å²) in [5.41, 5.74) is 0.157. The summed E-state index contributed by atoms with van der Waals surface area (Å²) >= 11 is 0. The zero-order chi connectivity index (χ0) is 14.9. The smallest absolute Gasteiger partial charge is 0.550 e. The molecule has 0 aliphatic rings. The monoisotopic (exact) mass is 294 g/mol. The number of carboxylic acid groups (broad SMARTS) is 2. The van der Waals surface area contributed by atoms with Crippen molar-refractivity contribution in [3.8, 4) is 0 Å². The largest absolute Gasteiger partial charge is 2.00 e. The van der Waals surface area contributed by atoms with Crippen molar-refractivity contribution >= 4 is 61.2 Å². The van der Waals surface area contributed by atoms with Gasteiger partial charge in [0.1, 0.15) is 0 Å². The molecular weight excluding hydrogens is 280 g/mol. The van der Waals surface area contributed by atoms with E-state index in [1.807, 2.05) is 0 Å². The van der Waals surface area contributed by atoms with Crippen molar-refractivity contribution < 1.29 is 29.4 Å². The Labute approximate surface area is 141 Å². The van der Waals surface area contributed by atoms with Gasteiger partial charge in [0.2, 0.25) is 0 Å². The fourth-order valence-electron chi connectivity index (χ4n) is 0.597. The van der Waals surface area contributed by atoms with E-state index in [2.05, 4.69) is 13.2 Å². The fraction of sp³-hybridized carbons (Fsp3) is 0.333. The molecule has 6 nitrogen and oxygen atoms in total. The van der Waals surface area contributed by atoms with Crippen LogP contribution in [0.4, 0.5) is 0 Å². The average molecular weight is 294 g/mol. The molecule has 0 aromatic carbocycles. The molecule has 0 aliphatic heterocycles. The second-order valence-electron chi connectivity index (χ2n) is 3.42. The number of carbonyl (C=O) groups is 4. The molecule has 0 aromatic rings. The van der Waals surface area contributed by atoms with Crippen LogP contribution in [0.25, 0.3) is 0 Å². The van der Waals surface area contributed by atoms with Gasteiger partial charge in [-0.15, -0.1) is 0 Å². The van der Waals surface area contributed by atoms with Crippen LogP contribution < -0.4 is 10.2 Å². The van der Waals surface area contributed by atoms with E-state index >= 15 is 0 Å². The molecule has 7 heteroatoms. The van der Waals surface area contributed by atoms with Gasteiger partial charge in [0, 0.05) is 24.8 Å². The second kappa shape index (κ2) is 12.1. The third-order valence-electron chi connectivity index (χ3n) is 1.71. The van der Waals surface area contributed by atoms with E-state index in [9.17, 15) is 29.4 Å². The summed E-state index contributed by atoms with van der Waals surface area (Å²) in [6.07, 6.45) is -0.731. The van der Waals surface area contributed by atoms with Gasteiger partial charge >= 0.3 is 37.7 Å². The molecule has 0 bridgehead atoms. The van der Waals surface area contributed by atoms with Crippen LogP contribution in [0.5, 0.6) is 0 Å². The van der Waals surface area contributed by atoms with Crippen molar-refractivity contribution in [1.29, 1.82) is 0 Å². The van der Waals surface area contributed by atoms with E-state index in [1.165, 1.54) is 13.8 Å². The van der Waals surface area contributed by atoms with Crippen molar-refractivity contribution in [2.45, 2.75) is 26.7 Å². The molecule has 0 saturated carbocycles. The molecule has 0 rings (SSSR count). The number of hydrogen-bond donors (Lipinski definition) is 0. The van der Waals surface area contributed by atoms with Crippen molar-refractivity contribution in [2.75, 3.05) is 0 Å². The number of carboxylic acids is 2. The van der Waals surface area contributed by atoms with Gasteiger partial charge in [0.15, 0.2) is 11.6 Å². The molecule has 0 N–H and O–H groups in total. The van der Waals surface area contributed by atoms with Crippen LogP contribution in [0.1, 0.15) is 26.7 Å².